The molecule has 0 saturated carbocycles. The summed E-state index contributed by atoms with van der Waals surface area (Å²) in [6.45, 7) is 0.741. The Morgan fingerprint density at radius 3 is 2.70 bits per heavy atom. The molecule has 2 rings (SSSR count). The first-order valence-electron chi connectivity index (χ1n) is 7.19. The van der Waals surface area contributed by atoms with Crippen LogP contribution in [0.3, 0.4) is 0 Å². The summed E-state index contributed by atoms with van der Waals surface area (Å²) in [5, 5.41) is 13.3. The molecule has 0 aliphatic carbocycles. The van der Waals surface area contributed by atoms with Gasteiger partial charge in [-0.3, -0.25) is 4.79 Å². The summed E-state index contributed by atoms with van der Waals surface area (Å²) in [5.41, 5.74) is 6.84. The number of benzene rings is 2. The Hall–Kier alpha value is -1.89. The quantitative estimate of drug-likeness (QED) is 0.656. The van der Waals surface area contributed by atoms with Gasteiger partial charge in [-0.25, -0.2) is 0 Å². The molecule has 2 aromatic carbocycles. The highest BCUT2D eigenvalue weighted by Crippen LogP contribution is 2.23. The number of rotatable bonds is 8. The Morgan fingerprint density at radius 2 is 2.00 bits per heavy atom. The van der Waals surface area contributed by atoms with Crippen LogP contribution < -0.4 is 15.8 Å². The highest BCUT2D eigenvalue weighted by atomic mass is 79.9. The molecule has 1 atom stereocenters. The van der Waals surface area contributed by atoms with Crippen molar-refractivity contribution in [1.29, 1.82) is 0 Å². The van der Waals surface area contributed by atoms with Crippen LogP contribution in [0.4, 0.5) is 0 Å². The second kappa shape index (κ2) is 8.67. The zero-order chi connectivity index (χ0) is 16.7. The number of ether oxygens (including phenoxy) is 1. The molecule has 0 aromatic heterocycles. The Labute approximate surface area is 143 Å². The highest BCUT2D eigenvalue weighted by molar-refractivity contribution is 9.10. The van der Waals surface area contributed by atoms with Crippen LogP contribution in [0.2, 0.25) is 0 Å². The molecule has 5 nitrogen and oxygen atoms in total. The predicted molar refractivity (Wildman–Crippen MR) is 91.9 cm³/mol. The van der Waals surface area contributed by atoms with E-state index >= 15 is 0 Å². The third-order valence-electron chi connectivity index (χ3n) is 3.23. The van der Waals surface area contributed by atoms with Crippen molar-refractivity contribution in [1.82, 2.24) is 5.32 Å². The Bertz CT molecular complexity index is 650. The molecule has 6 heteroatoms. The number of hydrogen-bond donors (Lipinski definition) is 3. The summed E-state index contributed by atoms with van der Waals surface area (Å²) in [4.78, 5) is 10.9. The van der Waals surface area contributed by atoms with E-state index in [0.29, 0.717) is 18.8 Å². The summed E-state index contributed by atoms with van der Waals surface area (Å²) < 4.78 is 6.30. The van der Waals surface area contributed by atoms with Crippen LogP contribution in [0.1, 0.15) is 17.2 Å². The zero-order valence-corrected chi connectivity index (χ0v) is 14.1. The van der Waals surface area contributed by atoms with Crippen molar-refractivity contribution in [2.24, 2.45) is 5.73 Å². The maximum Gasteiger partial charge on any atom is 0.255 e. The first kappa shape index (κ1) is 17.5. The van der Waals surface area contributed by atoms with Gasteiger partial charge in [-0.1, -0.05) is 46.3 Å². The monoisotopic (exact) mass is 378 g/mol. The van der Waals surface area contributed by atoms with Gasteiger partial charge in [0, 0.05) is 23.1 Å². The summed E-state index contributed by atoms with van der Waals surface area (Å²) in [7, 11) is 0. The number of halogens is 1. The van der Waals surface area contributed by atoms with Crippen LogP contribution in [0.5, 0.6) is 5.75 Å². The molecule has 4 N–H and O–H groups in total. The third-order valence-corrected chi connectivity index (χ3v) is 3.72. The second-order valence-electron chi connectivity index (χ2n) is 5.06. The van der Waals surface area contributed by atoms with Gasteiger partial charge in [0.05, 0.1) is 6.10 Å². The van der Waals surface area contributed by atoms with Gasteiger partial charge in [-0.05, 0) is 23.8 Å². The minimum atomic E-state index is -0.585. The number of carbonyl (C=O) groups excluding carboxylic acids is 1. The van der Waals surface area contributed by atoms with Crippen molar-refractivity contribution in [3.8, 4) is 5.75 Å². The number of aliphatic hydroxyl groups is 1. The standard InChI is InChI=1S/C17H19BrN2O3/c18-14-6-7-16(23-11-17(19)22)13(8-14)9-20-10-15(21)12-4-2-1-3-5-12/h1-8,15,20-21H,9-11H2,(H2,19,22)/t15-/m0/s1. The fourth-order valence-corrected chi connectivity index (χ4v) is 2.52. The number of hydrogen-bond acceptors (Lipinski definition) is 4. The predicted octanol–water partition coefficient (Wildman–Crippen LogP) is 2.14. The summed E-state index contributed by atoms with van der Waals surface area (Å²) in [6.07, 6.45) is -0.585. The van der Waals surface area contributed by atoms with E-state index in [2.05, 4.69) is 21.2 Å². The molecule has 23 heavy (non-hydrogen) atoms. The minimum Gasteiger partial charge on any atom is -0.483 e. The van der Waals surface area contributed by atoms with E-state index in [-0.39, 0.29) is 6.61 Å². The van der Waals surface area contributed by atoms with Crippen LogP contribution in [0.25, 0.3) is 0 Å². The van der Waals surface area contributed by atoms with Gasteiger partial charge in [0.25, 0.3) is 5.91 Å². The van der Waals surface area contributed by atoms with Gasteiger partial charge in [-0.2, -0.15) is 0 Å². The lowest BCUT2D eigenvalue weighted by Crippen LogP contribution is -2.23. The zero-order valence-electron chi connectivity index (χ0n) is 12.5. The van der Waals surface area contributed by atoms with Crippen LogP contribution in [-0.2, 0) is 11.3 Å². The lowest BCUT2D eigenvalue weighted by atomic mass is 10.1. The second-order valence-corrected chi connectivity index (χ2v) is 5.98. The van der Waals surface area contributed by atoms with E-state index in [9.17, 15) is 9.90 Å². The molecular weight excluding hydrogens is 360 g/mol. The largest absolute Gasteiger partial charge is 0.483 e. The minimum absolute atomic E-state index is 0.165. The van der Waals surface area contributed by atoms with Crippen molar-refractivity contribution >= 4 is 21.8 Å². The Morgan fingerprint density at radius 1 is 1.26 bits per heavy atom. The van der Waals surface area contributed by atoms with Crippen molar-refractivity contribution in [2.45, 2.75) is 12.6 Å². The third kappa shape index (κ3) is 5.67. The van der Waals surface area contributed by atoms with Crippen molar-refractivity contribution < 1.29 is 14.6 Å². The maximum atomic E-state index is 10.9. The molecule has 0 spiro atoms. The van der Waals surface area contributed by atoms with Gasteiger partial charge in [-0.15, -0.1) is 0 Å². The molecule has 0 bridgehead atoms. The van der Waals surface area contributed by atoms with E-state index in [1.54, 1.807) is 6.07 Å². The number of aliphatic hydroxyl groups excluding tert-OH is 1. The summed E-state index contributed by atoms with van der Waals surface area (Å²) in [5.74, 6) is 0.0695. The van der Waals surface area contributed by atoms with Gasteiger partial charge >= 0.3 is 0 Å². The molecule has 0 fully saturated rings. The Kier molecular flexibility index (Phi) is 6.58. The van der Waals surface area contributed by atoms with E-state index in [4.69, 9.17) is 10.5 Å². The number of nitrogens with one attached hydrogen (secondary N) is 1. The smallest absolute Gasteiger partial charge is 0.255 e. The molecule has 0 aliphatic rings. The molecule has 122 valence electrons. The maximum absolute atomic E-state index is 10.9. The van der Waals surface area contributed by atoms with E-state index < -0.39 is 12.0 Å². The summed E-state index contributed by atoms with van der Waals surface area (Å²) in [6, 6.07) is 15.0. The normalized spacial score (nSPS) is 11.9. The number of nitrogens with two attached hydrogens (primary N) is 1. The molecular formula is C17H19BrN2O3. The number of carbonyl (C=O) groups is 1. The molecule has 0 saturated heterocycles. The van der Waals surface area contributed by atoms with E-state index in [1.807, 2.05) is 42.5 Å². The van der Waals surface area contributed by atoms with Gasteiger partial charge in [0.15, 0.2) is 6.61 Å². The van der Waals surface area contributed by atoms with E-state index in [1.165, 1.54) is 0 Å². The van der Waals surface area contributed by atoms with Gasteiger partial charge in [0.1, 0.15) is 5.75 Å². The summed E-state index contributed by atoms with van der Waals surface area (Å²) >= 11 is 3.41. The SMILES string of the molecule is NC(=O)COc1ccc(Br)cc1CNC[C@H](O)c1ccccc1. The lowest BCUT2D eigenvalue weighted by Gasteiger charge is -2.14. The van der Waals surface area contributed by atoms with Gasteiger partial charge < -0.3 is 20.9 Å². The van der Waals surface area contributed by atoms with E-state index in [0.717, 1.165) is 15.6 Å². The highest BCUT2D eigenvalue weighted by Gasteiger charge is 2.09. The molecule has 2 aromatic rings. The first-order chi connectivity index (χ1) is 11.1. The Balaban J connectivity index is 1.94. The number of amides is 1. The van der Waals surface area contributed by atoms with Crippen molar-refractivity contribution in [2.75, 3.05) is 13.2 Å². The van der Waals surface area contributed by atoms with Gasteiger partial charge in [0.2, 0.25) is 0 Å². The van der Waals surface area contributed by atoms with Crippen LogP contribution in [0.15, 0.2) is 53.0 Å². The molecule has 1 amide bonds. The fraction of sp³-hybridized carbons (Fsp3) is 0.235. The average Bonchev–Trinajstić information content (AvgIpc) is 2.54. The average molecular weight is 379 g/mol. The fourth-order valence-electron chi connectivity index (χ4n) is 2.11. The topological polar surface area (TPSA) is 84.6 Å². The van der Waals surface area contributed by atoms with Crippen molar-refractivity contribution in [3.63, 3.8) is 0 Å². The van der Waals surface area contributed by atoms with Crippen LogP contribution in [0, 0.1) is 0 Å². The molecule has 0 unspecified atom stereocenters. The van der Waals surface area contributed by atoms with Crippen molar-refractivity contribution in [3.05, 3.63) is 64.1 Å². The molecule has 0 radical (unpaired) electrons. The number of primary amides is 1. The molecule has 0 heterocycles. The van der Waals surface area contributed by atoms with Crippen LogP contribution >= 0.6 is 15.9 Å². The first-order valence-corrected chi connectivity index (χ1v) is 7.99. The lowest BCUT2D eigenvalue weighted by molar-refractivity contribution is -0.119. The molecule has 0 aliphatic heterocycles. The van der Waals surface area contributed by atoms with Crippen LogP contribution in [-0.4, -0.2) is 24.2 Å².